The third-order valence-electron chi connectivity index (χ3n) is 5.63. The van der Waals surface area contributed by atoms with E-state index >= 15 is 0 Å². The van der Waals surface area contributed by atoms with Crippen molar-refractivity contribution in [3.63, 3.8) is 0 Å². The highest BCUT2D eigenvalue weighted by atomic mass is 35.5. The molecule has 1 atom stereocenters. The molecule has 0 amide bonds. The number of hydrogen-bond acceptors (Lipinski definition) is 4. The number of carbonyl (C=O) groups is 1. The number of amidine groups is 1. The lowest BCUT2D eigenvalue weighted by atomic mass is 9.95. The molecule has 1 aliphatic heterocycles. The third kappa shape index (κ3) is 4.26. The lowest BCUT2D eigenvalue weighted by Crippen LogP contribution is -2.44. The molecular formula is C28H21ClN2O2. The molecule has 0 fully saturated rings. The summed E-state index contributed by atoms with van der Waals surface area (Å²) >= 11 is 6.13. The maximum Gasteiger partial charge on any atom is 0.265 e. The smallest absolute Gasteiger partial charge is 0.265 e. The van der Waals surface area contributed by atoms with E-state index in [0.717, 1.165) is 16.7 Å². The van der Waals surface area contributed by atoms with Crippen molar-refractivity contribution in [3.05, 3.63) is 143 Å². The Morgan fingerprint density at radius 1 is 0.758 bits per heavy atom. The normalized spacial score (nSPS) is 15.3. The molecule has 0 radical (unpaired) electrons. The molecule has 0 saturated heterocycles. The van der Waals surface area contributed by atoms with Gasteiger partial charge in [0.1, 0.15) is 0 Å². The summed E-state index contributed by atoms with van der Waals surface area (Å²) in [7, 11) is 0. The minimum absolute atomic E-state index is 0.153. The maximum atomic E-state index is 13.6. The van der Waals surface area contributed by atoms with E-state index in [-0.39, 0.29) is 11.8 Å². The Hall–Kier alpha value is -3.89. The van der Waals surface area contributed by atoms with Crippen LogP contribution in [0.1, 0.15) is 33.1 Å². The highest BCUT2D eigenvalue weighted by molar-refractivity contribution is 6.30. The Balaban J connectivity index is 1.66. The van der Waals surface area contributed by atoms with Gasteiger partial charge < -0.3 is 4.84 Å². The minimum atomic E-state index is -0.913. The topological polar surface area (TPSA) is 41.9 Å². The van der Waals surface area contributed by atoms with Gasteiger partial charge in [-0.15, -0.1) is 0 Å². The van der Waals surface area contributed by atoms with E-state index in [4.69, 9.17) is 16.4 Å². The number of halogens is 1. The molecule has 0 saturated carbocycles. The van der Waals surface area contributed by atoms with Crippen molar-refractivity contribution >= 4 is 23.2 Å². The lowest BCUT2D eigenvalue weighted by molar-refractivity contribution is 0.00787. The van der Waals surface area contributed by atoms with Gasteiger partial charge in [0.05, 0.1) is 6.04 Å². The average Bonchev–Trinajstić information content (AvgIpc) is 3.30. The molecule has 1 heterocycles. The van der Waals surface area contributed by atoms with Gasteiger partial charge in [0.25, 0.3) is 6.23 Å². The molecule has 33 heavy (non-hydrogen) atoms. The number of hydrogen-bond donors (Lipinski definition) is 0. The van der Waals surface area contributed by atoms with Crippen molar-refractivity contribution in [1.29, 1.82) is 0 Å². The fourth-order valence-electron chi connectivity index (χ4n) is 4.07. The molecule has 0 aliphatic carbocycles. The van der Waals surface area contributed by atoms with Crippen molar-refractivity contribution in [2.24, 2.45) is 5.16 Å². The van der Waals surface area contributed by atoms with E-state index < -0.39 is 6.23 Å². The van der Waals surface area contributed by atoms with Gasteiger partial charge in [-0.2, -0.15) is 0 Å². The second-order valence-corrected chi connectivity index (χ2v) is 8.18. The second-order valence-electron chi connectivity index (χ2n) is 7.74. The average molecular weight is 453 g/mol. The summed E-state index contributed by atoms with van der Waals surface area (Å²) < 4.78 is 0. The van der Waals surface area contributed by atoms with Gasteiger partial charge in [-0.1, -0.05) is 108 Å². The van der Waals surface area contributed by atoms with Gasteiger partial charge in [0.15, 0.2) is 5.84 Å². The van der Waals surface area contributed by atoms with Gasteiger partial charge in [0, 0.05) is 16.1 Å². The van der Waals surface area contributed by atoms with Crippen LogP contribution in [0.25, 0.3) is 0 Å². The molecule has 4 aromatic rings. The molecule has 4 aromatic carbocycles. The molecule has 0 bridgehead atoms. The summed E-state index contributed by atoms with van der Waals surface area (Å²) in [6, 6.07) is 36.4. The van der Waals surface area contributed by atoms with Crippen LogP contribution in [-0.4, -0.2) is 22.7 Å². The van der Waals surface area contributed by atoms with Crippen molar-refractivity contribution in [2.75, 3.05) is 0 Å². The van der Waals surface area contributed by atoms with Crippen LogP contribution in [0, 0.1) is 0 Å². The molecule has 5 rings (SSSR count). The highest BCUT2D eigenvalue weighted by Crippen LogP contribution is 2.36. The van der Waals surface area contributed by atoms with Crippen LogP contribution in [0.2, 0.25) is 5.02 Å². The van der Waals surface area contributed by atoms with Gasteiger partial charge in [0.2, 0.25) is 5.78 Å². The van der Waals surface area contributed by atoms with Crippen molar-refractivity contribution in [2.45, 2.75) is 12.3 Å². The van der Waals surface area contributed by atoms with E-state index in [2.05, 4.69) is 29.4 Å². The molecular weight excluding hydrogens is 432 g/mol. The number of oxime groups is 1. The largest absolute Gasteiger partial charge is 0.360 e. The molecule has 162 valence electrons. The summed E-state index contributed by atoms with van der Waals surface area (Å²) in [5, 5.41) is 5.02. The van der Waals surface area contributed by atoms with Crippen molar-refractivity contribution < 1.29 is 9.63 Å². The van der Waals surface area contributed by atoms with Crippen LogP contribution in [0.4, 0.5) is 0 Å². The Labute approximate surface area is 197 Å². The first-order chi connectivity index (χ1) is 16.2. The second kappa shape index (κ2) is 9.31. The van der Waals surface area contributed by atoms with E-state index in [1.54, 1.807) is 12.1 Å². The van der Waals surface area contributed by atoms with Crippen molar-refractivity contribution in [3.8, 4) is 0 Å². The van der Waals surface area contributed by atoms with Gasteiger partial charge >= 0.3 is 0 Å². The van der Waals surface area contributed by atoms with Crippen LogP contribution in [0.15, 0.2) is 120 Å². The monoisotopic (exact) mass is 452 g/mol. The third-order valence-corrected chi connectivity index (χ3v) is 5.88. The summed E-state index contributed by atoms with van der Waals surface area (Å²) in [6.45, 7) is 0. The van der Waals surface area contributed by atoms with Crippen LogP contribution >= 0.6 is 11.6 Å². The first kappa shape index (κ1) is 21.0. The van der Waals surface area contributed by atoms with Crippen LogP contribution in [0.3, 0.4) is 0 Å². The summed E-state index contributed by atoms with van der Waals surface area (Å²) in [4.78, 5) is 21.4. The number of carbonyl (C=O) groups excluding carboxylic acids is 1. The quantitative estimate of drug-likeness (QED) is 0.321. The predicted octanol–water partition coefficient (Wildman–Crippen LogP) is 6.33. The fraction of sp³-hybridized carbons (Fsp3) is 0.0714. The first-order valence-corrected chi connectivity index (χ1v) is 11.1. The van der Waals surface area contributed by atoms with Crippen LogP contribution in [0.5, 0.6) is 0 Å². The maximum absolute atomic E-state index is 13.6. The molecule has 5 heteroatoms. The van der Waals surface area contributed by atoms with E-state index in [1.165, 1.54) is 0 Å². The number of nitrogens with zero attached hydrogens (tertiary/aromatic N) is 2. The molecule has 1 aliphatic rings. The van der Waals surface area contributed by atoms with E-state index in [0.29, 0.717) is 16.4 Å². The fourth-order valence-corrected chi connectivity index (χ4v) is 4.20. The van der Waals surface area contributed by atoms with E-state index in [1.807, 2.05) is 83.8 Å². The Morgan fingerprint density at radius 2 is 1.27 bits per heavy atom. The zero-order chi connectivity index (χ0) is 22.6. The zero-order valence-corrected chi connectivity index (χ0v) is 18.5. The molecule has 1 unspecified atom stereocenters. The SMILES string of the molecule is O=C(c1ccccc1)C1ON=C(c2ccc(Cl)cc2)N1C(c1ccccc1)c1ccccc1. The van der Waals surface area contributed by atoms with Crippen molar-refractivity contribution in [1.82, 2.24) is 4.90 Å². The van der Waals surface area contributed by atoms with E-state index in [9.17, 15) is 4.79 Å². The molecule has 0 N–H and O–H groups in total. The highest BCUT2D eigenvalue weighted by Gasteiger charge is 2.42. The van der Waals surface area contributed by atoms with Crippen LogP contribution < -0.4 is 0 Å². The van der Waals surface area contributed by atoms with Crippen LogP contribution in [-0.2, 0) is 4.84 Å². The summed E-state index contributed by atoms with van der Waals surface area (Å²) in [5.41, 5.74) is 3.45. The number of rotatable bonds is 6. The number of ketones is 1. The zero-order valence-electron chi connectivity index (χ0n) is 17.7. The van der Waals surface area contributed by atoms with Gasteiger partial charge in [-0.3, -0.25) is 9.69 Å². The summed E-state index contributed by atoms with van der Waals surface area (Å²) in [6.07, 6.45) is -0.913. The summed E-state index contributed by atoms with van der Waals surface area (Å²) in [5.74, 6) is 0.429. The van der Waals surface area contributed by atoms with Gasteiger partial charge in [-0.05, 0) is 35.4 Å². The predicted molar refractivity (Wildman–Crippen MR) is 130 cm³/mol. The minimum Gasteiger partial charge on any atom is -0.360 e. The number of benzene rings is 4. The molecule has 0 spiro atoms. The standard InChI is InChI=1S/C28H21ClN2O2/c29-24-18-16-23(17-19-24)27-30-33-28(26(32)22-14-8-3-9-15-22)31(27)25(20-10-4-1-5-11-20)21-12-6-2-7-13-21/h1-19,25,28H. The Bertz CT molecular complexity index is 1220. The molecule has 4 nitrogen and oxygen atoms in total. The molecule has 0 aromatic heterocycles. The van der Waals surface area contributed by atoms with Gasteiger partial charge in [-0.25, -0.2) is 0 Å². The Morgan fingerprint density at radius 3 is 1.82 bits per heavy atom. The Kier molecular flexibility index (Phi) is 5.92. The lowest BCUT2D eigenvalue weighted by Gasteiger charge is -2.33. The first-order valence-electron chi connectivity index (χ1n) is 10.7. The number of Topliss-reactive ketones (excluding diaryl/α,β-unsaturated/α-hetero) is 1.